The molecule has 0 radical (unpaired) electrons. The molecule has 2 aliphatic rings. The molecule has 0 unspecified atom stereocenters. The molecular formula is C22H32N12O8Si. The molecule has 4 aromatic rings. The Bertz CT molecular complexity index is 1770. The Kier molecular flexibility index (Phi) is 7.30. The van der Waals surface area contributed by atoms with Gasteiger partial charge in [0.2, 0.25) is 11.9 Å². The van der Waals surface area contributed by atoms with Crippen LogP contribution in [0.4, 0.5) is 11.9 Å². The number of H-pyrrole nitrogens is 2. The van der Waals surface area contributed by atoms with Crippen molar-refractivity contribution in [1.82, 2.24) is 49.0 Å². The maximum atomic E-state index is 12.2. The molecule has 8 atom stereocenters. The molecular weight excluding hydrogens is 588 g/mol. The topological polar surface area (TPSA) is 303 Å². The van der Waals surface area contributed by atoms with E-state index >= 15 is 0 Å². The summed E-state index contributed by atoms with van der Waals surface area (Å²) in [5.74, 6) is -0.266. The molecule has 0 amide bonds. The third-order valence-corrected chi connectivity index (χ3v) is 9.76. The van der Waals surface area contributed by atoms with Crippen LogP contribution in [0.15, 0.2) is 22.2 Å². The summed E-state index contributed by atoms with van der Waals surface area (Å²) in [5, 5.41) is 42.8. The van der Waals surface area contributed by atoms with Gasteiger partial charge >= 0.3 is 0 Å². The number of hydrogen-bond donors (Lipinski definition) is 10. The van der Waals surface area contributed by atoms with E-state index in [-0.39, 0.29) is 40.8 Å². The highest BCUT2D eigenvalue weighted by Crippen LogP contribution is 2.33. The summed E-state index contributed by atoms with van der Waals surface area (Å²) in [5.41, 5.74) is 10.5. The van der Waals surface area contributed by atoms with Crippen LogP contribution >= 0.6 is 0 Å². The molecule has 2 fully saturated rings. The zero-order valence-electron chi connectivity index (χ0n) is 22.9. The van der Waals surface area contributed by atoms with Crippen LogP contribution < -0.4 is 32.6 Å². The van der Waals surface area contributed by atoms with Crippen molar-refractivity contribution < 1.29 is 29.9 Å². The van der Waals surface area contributed by atoms with Crippen LogP contribution in [-0.2, 0) is 9.47 Å². The van der Waals surface area contributed by atoms with Gasteiger partial charge in [-0.1, -0.05) is 0 Å². The predicted octanol–water partition coefficient (Wildman–Crippen LogP) is -4.46. The van der Waals surface area contributed by atoms with E-state index in [0.29, 0.717) is 0 Å². The summed E-state index contributed by atoms with van der Waals surface area (Å²) in [6.07, 6.45) is -5.10. The molecule has 2 aliphatic heterocycles. The van der Waals surface area contributed by atoms with Crippen LogP contribution in [0.2, 0.25) is 13.1 Å². The number of aliphatic hydroxyl groups excluding tert-OH is 4. The van der Waals surface area contributed by atoms with Gasteiger partial charge in [-0.2, -0.15) is 9.97 Å². The van der Waals surface area contributed by atoms with Crippen LogP contribution in [0.3, 0.4) is 0 Å². The molecule has 20 nitrogen and oxygen atoms in total. The molecule has 21 heteroatoms. The molecule has 0 aromatic carbocycles. The summed E-state index contributed by atoms with van der Waals surface area (Å²) in [7, 11) is -2.65. The lowest BCUT2D eigenvalue weighted by Crippen LogP contribution is -2.66. The smallest absolute Gasteiger partial charge is 0.280 e. The number of nitrogens with two attached hydrogens (primary N) is 2. The Morgan fingerprint density at radius 3 is 1.93 bits per heavy atom. The summed E-state index contributed by atoms with van der Waals surface area (Å²) in [6, 6.07) is -0.749. The average Bonchev–Trinajstić information content (AvgIpc) is 3.69. The van der Waals surface area contributed by atoms with Gasteiger partial charge in [0, 0.05) is 6.54 Å². The van der Waals surface area contributed by atoms with Crippen LogP contribution in [-0.4, -0.2) is 118 Å². The number of nitrogens with one attached hydrogen (secondary N) is 4. The molecule has 232 valence electrons. The van der Waals surface area contributed by atoms with E-state index < -0.39 is 75.1 Å². The van der Waals surface area contributed by atoms with Gasteiger partial charge in [0.1, 0.15) is 30.5 Å². The zero-order chi connectivity index (χ0) is 30.8. The van der Waals surface area contributed by atoms with Crippen molar-refractivity contribution in [2.75, 3.05) is 24.6 Å². The summed E-state index contributed by atoms with van der Waals surface area (Å²) >= 11 is 0. The third-order valence-electron chi connectivity index (χ3n) is 7.61. The Labute approximate surface area is 241 Å². The number of hydrogen-bond acceptors (Lipinski definition) is 16. The number of nitrogens with zero attached hydrogens (tertiary/aromatic N) is 6. The van der Waals surface area contributed by atoms with Gasteiger partial charge in [-0.25, -0.2) is 9.97 Å². The first-order chi connectivity index (χ1) is 20.4. The van der Waals surface area contributed by atoms with E-state index in [0.717, 1.165) is 0 Å². The Morgan fingerprint density at radius 1 is 0.884 bits per heavy atom. The van der Waals surface area contributed by atoms with Crippen molar-refractivity contribution in [3.8, 4) is 0 Å². The number of anilines is 2. The second-order valence-electron chi connectivity index (χ2n) is 11.0. The minimum absolute atomic E-state index is 0.00243. The number of ether oxygens (including phenoxy) is 2. The molecule has 2 saturated heterocycles. The van der Waals surface area contributed by atoms with Crippen molar-refractivity contribution in [2.24, 2.45) is 0 Å². The second kappa shape index (κ2) is 10.7. The van der Waals surface area contributed by atoms with E-state index in [1.807, 2.05) is 13.1 Å². The highest BCUT2D eigenvalue weighted by molar-refractivity contribution is 6.72. The minimum atomic E-state index is -2.65. The normalized spacial score (nSPS) is 29.7. The van der Waals surface area contributed by atoms with Crippen LogP contribution in [0, 0.1) is 0 Å². The average molecular weight is 621 g/mol. The van der Waals surface area contributed by atoms with Crippen LogP contribution in [0.5, 0.6) is 0 Å². The first-order valence-electron chi connectivity index (χ1n) is 13.3. The van der Waals surface area contributed by atoms with Gasteiger partial charge in [0.15, 0.2) is 43.2 Å². The molecule has 43 heavy (non-hydrogen) atoms. The van der Waals surface area contributed by atoms with E-state index in [1.54, 1.807) is 0 Å². The first kappa shape index (κ1) is 29.3. The van der Waals surface area contributed by atoms with Crippen LogP contribution in [0.1, 0.15) is 12.5 Å². The number of nitrogen functional groups attached to an aromatic ring is 2. The monoisotopic (exact) mass is 620 g/mol. The van der Waals surface area contributed by atoms with E-state index in [2.05, 4.69) is 39.9 Å². The summed E-state index contributed by atoms with van der Waals surface area (Å²) in [4.78, 5) is 52.0. The lowest BCUT2D eigenvalue weighted by atomic mass is 10.1. The number of imidazole rings is 2. The highest BCUT2D eigenvalue weighted by atomic mass is 28.3. The van der Waals surface area contributed by atoms with Crippen molar-refractivity contribution in [3.05, 3.63) is 33.4 Å². The number of aliphatic hydroxyl groups is 4. The summed E-state index contributed by atoms with van der Waals surface area (Å²) < 4.78 is 14.6. The van der Waals surface area contributed by atoms with Crippen molar-refractivity contribution in [2.45, 2.75) is 62.1 Å². The third kappa shape index (κ3) is 5.09. The van der Waals surface area contributed by atoms with Gasteiger partial charge < -0.3 is 51.3 Å². The van der Waals surface area contributed by atoms with Crippen molar-refractivity contribution >= 4 is 42.6 Å². The van der Waals surface area contributed by atoms with Crippen molar-refractivity contribution in [3.63, 3.8) is 0 Å². The Hall–Kier alpha value is -3.80. The maximum Gasteiger partial charge on any atom is 0.280 e. The number of aromatic amines is 2. The Morgan fingerprint density at radius 2 is 1.40 bits per heavy atom. The lowest BCUT2D eigenvalue weighted by Gasteiger charge is -2.33. The fourth-order valence-electron chi connectivity index (χ4n) is 5.52. The zero-order valence-corrected chi connectivity index (χ0v) is 23.9. The molecule has 0 aliphatic carbocycles. The quantitative estimate of drug-likeness (QED) is 0.0830. The fraction of sp³-hybridized carbons (Fsp3) is 0.545. The number of aromatic nitrogens is 8. The molecule has 12 N–H and O–H groups in total. The van der Waals surface area contributed by atoms with Gasteiger partial charge in [0.25, 0.3) is 11.1 Å². The van der Waals surface area contributed by atoms with Crippen LogP contribution in [0.25, 0.3) is 22.3 Å². The van der Waals surface area contributed by atoms with E-state index in [4.69, 9.17) is 20.9 Å². The lowest BCUT2D eigenvalue weighted by molar-refractivity contribution is -0.0489. The largest absolute Gasteiger partial charge is 0.394 e. The minimum Gasteiger partial charge on any atom is -0.394 e. The molecule has 0 spiro atoms. The Balaban J connectivity index is 1.15. The SMILES string of the molecule is C[Si](C)(NC[C@H]1O[C@@H](n2cnc3c(=O)[nH]c(N)nc32)[C@H](O)[C@H]1O)N[C@H]1[C@@H](O)[C@H](n2cnc3c(=O)[nH]c(N)nc32)O[C@@H]1CO. The van der Waals surface area contributed by atoms with Gasteiger partial charge in [0.05, 0.1) is 25.3 Å². The van der Waals surface area contributed by atoms with Gasteiger partial charge in [-0.3, -0.25) is 28.7 Å². The summed E-state index contributed by atoms with van der Waals surface area (Å²) in [6.45, 7) is 3.47. The number of rotatable bonds is 8. The van der Waals surface area contributed by atoms with E-state index in [1.165, 1.54) is 21.8 Å². The van der Waals surface area contributed by atoms with Gasteiger partial charge in [-0.05, 0) is 13.1 Å². The van der Waals surface area contributed by atoms with E-state index in [9.17, 15) is 30.0 Å². The standard InChI is InChI=1S/C22H32N12O8Si/c1-43(2,27-3-7-12(36)14(38)20(41-7)34-6-26-11-16(34)29-22(24)31-18(11)40)32-9-8(4-35)42-19(13(9)37)33-5-25-10-15(33)28-21(23)30-17(10)39/h5-9,12-14,19-20,27,32,35-38H,3-4H2,1-2H3,(H3,23,28,30,39)(H3,24,29,31,40)/t7-,8-,9-,12+,13-,14-,19-,20-/m1/s1. The van der Waals surface area contributed by atoms with Gasteiger partial charge in [-0.15, -0.1) is 0 Å². The fourth-order valence-corrected chi connectivity index (χ4v) is 7.52. The predicted molar refractivity (Wildman–Crippen MR) is 150 cm³/mol. The van der Waals surface area contributed by atoms with Crippen molar-refractivity contribution in [1.29, 1.82) is 0 Å². The molecule has 6 heterocycles. The highest BCUT2D eigenvalue weighted by Gasteiger charge is 2.48. The molecule has 6 rings (SSSR count). The molecule has 4 aromatic heterocycles. The molecule has 0 bridgehead atoms. The number of fused-ring (bicyclic) bond motifs is 2. The maximum absolute atomic E-state index is 12.2. The second-order valence-corrected chi connectivity index (χ2v) is 14.9. The first-order valence-corrected chi connectivity index (χ1v) is 16.3. The molecule has 0 saturated carbocycles.